The van der Waals surface area contributed by atoms with E-state index in [0.717, 1.165) is 34.8 Å². The Morgan fingerprint density at radius 2 is 1.89 bits per heavy atom. The number of carbonyl (C=O) groups excluding carboxylic acids is 1. The molecule has 0 N–H and O–H groups in total. The van der Waals surface area contributed by atoms with Crippen LogP contribution in [0.4, 0.5) is 5.69 Å². The SMILES string of the molecule is COc1ccc(N2C[C@H](c3nc4ccccc4n3CC(C)C)CC2=O)cc1. The summed E-state index contributed by atoms with van der Waals surface area (Å²) in [6, 6.07) is 15.9. The Hall–Kier alpha value is -2.82. The fourth-order valence-electron chi connectivity index (χ4n) is 3.86. The second-order valence-corrected chi connectivity index (χ2v) is 7.57. The van der Waals surface area contributed by atoms with Crippen molar-refractivity contribution in [3.8, 4) is 5.75 Å². The van der Waals surface area contributed by atoms with Crippen molar-refractivity contribution in [3.63, 3.8) is 0 Å². The molecule has 1 aliphatic heterocycles. The molecule has 27 heavy (non-hydrogen) atoms. The van der Waals surface area contributed by atoms with Gasteiger partial charge in [-0.1, -0.05) is 26.0 Å². The van der Waals surface area contributed by atoms with Gasteiger partial charge in [0.05, 0.1) is 18.1 Å². The third-order valence-electron chi connectivity index (χ3n) is 5.11. The van der Waals surface area contributed by atoms with Gasteiger partial charge in [0.25, 0.3) is 0 Å². The van der Waals surface area contributed by atoms with Crippen LogP contribution in [0, 0.1) is 5.92 Å². The number of ether oxygens (including phenoxy) is 1. The summed E-state index contributed by atoms with van der Waals surface area (Å²) in [5, 5.41) is 0. The van der Waals surface area contributed by atoms with Gasteiger partial charge in [-0.25, -0.2) is 4.98 Å². The van der Waals surface area contributed by atoms with E-state index in [1.807, 2.05) is 47.4 Å². The first-order valence-electron chi connectivity index (χ1n) is 9.46. The molecule has 5 heteroatoms. The van der Waals surface area contributed by atoms with E-state index in [2.05, 4.69) is 24.5 Å². The average molecular weight is 363 g/mol. The number of anilines is 1. The van der Waals surface area contributed by atoms with Gasteiger partial charge in [-0.15, -0.1) is 0 Å². The van der Waals surface area contributed by atoms with Gasteiger partial charge in [0.15, 0.2) is 0 Å². The Morgan fingerprint density at radius 3 is 2.59 bits per heavy atom. The Labute approximate surface area is 159 Å². The summed E-state index contributed by atoms with van der Waals surface area (Å²) < 4.78 is 7.52. The summed E-state index contributed by atoms with van der Waals surface area (Å²) >= 11 is 0. The Kier molecular flexibility index (Phi) is 4.60. The van der Waals surface area contributed by atoms with Gasteiger partial charge in [-0.05, 0) is 42.3 Å². The van der Waals surface area contributed by atoms with Gasteiger partial charge >= 0.3 is 0 Å². The molecule has 0 spiro atoms. The first-order valence-corrected chi connectivity index (χ1v) is 9.46. The maximum absolute atomic E-state index is 12.7. The number of methoxy groups -OCH3 is 1. The minimum atomic E-state index is 0.103. The summed E-state index contributed by atoms with van der Waals surface area (Å²) in [4.78, 5) is 19.5. The fourth-order valence-corrected chi connectivity index (χ4v) is 3.86. The number of fused-ring (bicyclic) bond motifs is 1. The number of para-hydroxylation sites is 2. The molecule has 1 amide bonds. The lowest BCUT2D eigenvalue weighted by Crippen LogP contribution is -2.24. The van der Waals surface area contributed by atoms with Crippen molar-refractivity contribution in [2.45, 2.75) is 32.7 Å². The predicted molar refractivity (Wildman–Crippen MR) is 107 cm³/mol. The number of nitrogens with zero attached hydrogens (tertiary/aromatic N) is 3. The zero-order valence-electron chi connectivity index (χ0n) is 16.1. The van der Waals surface area contributed by atoms with Crippen LogP contribution in [0.2, 0.25) is 0 Å². The minimum absolute atomic E-state index is 0.103. The van der Waals surface area contributed by atoms with E-state index in [-0.39, 0.29) is 11.8 Å². The van der Waals surface area contributed by atoms with Crippen LogP contribution in [0.25, 0.3) is 11.0 Å². The number of amides is 1. The van der Waals surface area contributed by atoms with Gasteiger partial charge < -0.3 is 14.2 Å². The van der Waals surface area contributed by atoms with Gasteiger partial charge in [0, 0.05) is 31.1 Å². The van der Waals surface area contributed by atoms with Crippen molar-refractivity contribution in [1.29, 1.82) is 0 Å². The summed E-state index contributed by atoms with van der Waals surface area (Å²) in [5.74, 6) is 2.57. The average Bonchev–Trinajstić information content (AvgIpc) is 3.22. The van der Waals surface area contributed by atoms with Crippen molar-refractivity contribution in [3.05, 3.63) is 54.4 Å². The molecule has 0 bridgehead atoms. The van der Waals surface area contributed by atoms with Gasteiger partial charge in [0.1, 0.15) is 11.6 Å². The molecule has 3 aromatic rings. The normalized spacial score (nSPS) is 17.3. The first kappa shape index (κ1) is 17.6. The van der Waals surface area contributed by atoms with Gasteiger partial charge in [-0.3, -0.25) is 4.79 Å². The van der Waals surface area contributed by atoms with Crippen LogP contribution in [0.5, 0.6) is 5.75 Å². The molecule has 2 aromatic carbocycles. The third kappa shape index (κ3) is 3.29. The number of aromatic nitrogens is 2. The standard InChI is InChI=1S/C22H25N3O2/c1-15(2)13-25-20-7-5-4-6-19(20)23-22(25)16-12-21(26)24(14-16)17-8-10-18(27-3)11-9-17/h4-11,15-16H,12-14H2,1-3H3/t16-/m1/s1. The highest BCUT2D eigenvalue weighted by molar-refractivity contribution is 5.96. The molecule has 0 radical (unpaired) electrons. The van der Waals surface area contributed by atoms with Crippen molar-refractivity contribution in [2.75, 3.05) is 18.6 Å². The summed E-state index contributed by atoms with van der Waals surface area (Å²) in [5.41, 5.74) is 3.06. The van der Waals surface area contributed by atoms with E-state index in [1.54, 1.807) is 7.11 Å². The minimum Gasteiger partial charge on any atom is -0.497 e. The van der Waals surface area contributed by atoms with Crippen molar-refractivity contribution >= 4 is 22.6 Å². The zero-order chi connectivity index (χ0) is 19.0. The number of imidazole rings is 1. The maximum Gasteiger partial charge on any atom is 0.227 e. The smallest absolute Gasteiger partial charge is 0.227 e. The number of benzene rings is 2. The second kappa shape index (κ2) is 7.06. The van der Waals surface area contributed by atoms with E-state index >= 15 is 0 Å². The van der Waals surface area contributed by atoms with Crippen molar-refractivity contribution < 1.29 is 9.53 Å². The molecule has 1 saturated heterocycles. The molecule has 1 atom stereocenters. The molecule has 0 unspecified atom stereocenters. The van der Waals surface area contributed by atoms with Crippen LogP contribution in [0.3, 0.4) is 0 Å². The van der Waals surface area contributed by atoms with E-state index < -0.39 is 0 Å². The fraction of sp³-hybridized carbons (Fsp3) is 0.364. The molecule has 1 fully saturated rings. The second-order valence-electron chi connectivity index (χ2n) is 7.57. The Balaban J connectivity index is 1.67. The lowest BCUT2D eigenvalue weighted by Gasteiger charge is -2.18. The molecule has 1 aromatic heterocycles. The van der Waals surface area contributed by atoms with E-state index in [4.69, 9.17) is 9.72 Å². The maximum atomic E-state index is 12.7. The highest BCUT2D eigenvalue weighted by Crippen LogP contribution is 2.34. The van der Waals surface area contributed by atoms with Crippen LogP contribution in [0.15, 0.2) is 48.5 Å². The number of carbonyl (C=O) groups is 1. The molecule has 0 saturated carbocycles. The Morgan fingerprint density at radius 1 is 1.15 bits per heavy atom. The third-order valence-corrected chi connectivity index (χ3v) is 5.11. The monoisotopic (exact) mass is 363 g/mol. The number of rotatable bonds is 5. The van der Waals surface area contributed by atoms with Crippen LogP contribution < -0.4 is 9.64 Å². The molecular weight excluding hydrogens is 338 g/mol. The zero-order valence-corrected chi connectivity index (χ0v) is 16.1. The molecule has 0 aliphatic carbocycles. The van der Waals surface area contributed by atoms with E-state index in [1.165, 1.54) is 0 Å². The first-order chi connectivity index (χ1) is 13.1. The van der Waals surface area contributed by atoms with Gasteiger partial charge in [0.2, 0.25) is 5.91 Å². The van der Waals surface area contributed by atoms with Crippen LogP contribution in [0.1, 0.15) is 32.0 Å². The van der Waals surface area contributed by atoms with Crippen LogP contribution in [-0.2, 0) is 11.3 Å². The predicted octanol–water partition coefficient (Wildman–Crippen LogP) is 4.22. The number of hydrogen-bond donors (Lipinski definition) is 0. The highest BCUT2D eigenvalue weighted by atomic mass is 16.5. The molecule has 1 aliphatic rings. The lowest BCUT2D eigenvalue weighted by atomic mass is 10.1. The number of hydrogen-bond acceptors (Lipinski definition) is 3. The van der Waals surface area contributed by atoms with E-state index in [0.29, 0.717) is 18.9 Å². The largest absolute Gasteiger partial charge is 0.497 e. The summed E-state index contributed by atoms with van der Waals surface area (Å²) in [7, 11) is 1.64. The summed E-state index contributed by atoms with van der Waals surface area (Å²) in [6.45, 7) is 5.99. The molecule has 2 heterocycles. The Bertz CT molecular complexity index is 959. The highest BCUT2D eigenvalue weighted by Gasteiger charge is 2.34. The summed E-state index contributed by atoms with van der Waals surface area (Å²) in [6.07, 6.45) is 0.493. The van der Waals surface area contributed by atoms with Crippen molar-refractivity contribution in [1.82, 2.24) is 9.55 Å². The lowest BCUT2D eigenvalue weighted by molar-refractivity contribution is -0.117. The quantitative estimate of drug-likeness (QED) is 0.682. The van der Waals surface area contributed by atoms with Gasteiger partial charge in [-0.2, -0.15) is 0 Å². The molecule has 140 valence electrons. The molecule has 4 rings (SSSR count). The van der Waals surface area contributed by atoms with E-state index in [9.17, 15) is 4.79 Å². The molecular formula is C22H25N3O2. The van der Waals surface area contributed by atoms with Crippen LogP contribution >= 0.6 is 0 Å². The molecule has 5 nitrogen and oxygen atoms in total. The van der Waals surface area contributed by atoms with Crippen LogP contribution in [-0.4, -0.2) is 29.1 Å². The topological polar surface area (TPSA) is 47.4 Å². The van der Waals surface area contributed by atoms with Crippen molar-refractivity contribution in [2.24, 2.45) is 5.92 Å².